The topological polar surface area (TPSA) is 0 Å². The normalized spacial score (nSPS) is 19.7. The Morgan fingerprint density at radius 3 is 1.05 bits per heavy atom. The van der Waals surface area contributed by atoms with Crippen LogP contribution in [0.25, 0.3) is 21.5 Å². The molecule has 0 saturated heterocycles. The fourth-order valence-corrected chi connectivity index (χ4v) is 6.38. The van der Waals surface area contributed by atoms with E-state index in [1.54, 1.807) is 22.3 Å². The maximum Gasteiger partial charge on any atom is 4.00 e. The maximum absolute atomic E-state index is 2.42. The SMILES string of the molecule is CC1(C)CCC(C)(C)c2cc3[cH-]ccc3cc21.CC1(C)CCC(C)(C)c2cc3[cH-]ccc3cc21.[Cl-].[Cl-].[Zr+4]. The van der Waals surface area contributed by atoms with Crippen molar-refractivity contribution in [2.75, 3.05) is 0 Å². The monoisotopic (exact) mass is 610 g/mol. The predicted molar refractivity (Wildman–Crippen MR) is 150 cm³/mol. The quantitative estimate of drug-likeness (QED) is 0.265. The zero-order chi connectivity index (χ0) is 24.5. The summed E-state index contributed by atoms with van der Waals surface area (Å²) in [4.78, 5) is 0. The van der Waals surface area contributed by atoms with Crippen molar-refractivity contribution in [3.05, 3.63) is 82.9 Å². The average Bonchev–Trinajstić information content (AvgIpc) is 3.42. The van der Waals surface area contributed by atoms with Crippen LogP contribution in [0.5, 0.6) is 0 Å². The van der Waals surface area contributed by atoms with Crippen molar-refractivity contribution in [1.29, 1.82) is 0 Å². The van der Waals surface area contributed by atoms with Gasteiger partial charge >= 0.3 is 26.2 Å². The van der Waals surface area contributed by atoms with Gasteiger partial charge in [-0.3, -0.25) is 0 Å². The van der Waals surface area contributed by atoms with E-state index in [0.717, 1.165) is 0 Å². The molecular weight excluding hydrogens is 571 g/mol. The molecule has 0 nitrogen and oxygen atoms in total. The van der Waals surface area contributed by atoms with E-state index in [2.05, 4.69) is 116 Å². The molecule has 0 amide bonds. The zero-order valence-corrected chi connectivity index (χ0v) is 27.8. The number of hydrogen-bond acceptors (Lipinski definition) is 0. The van der Waals surface area contributed by atoms with Crippen LogP contribution in [0.4, 0.5) is 0 Å². The fourth-order valence-electron chi connectivity index (χ4n) is 6.38. The molecule has 0 fully saturated rings. The number of hydrogen-bond donors (Lipinski definition) is 0. The van der Waals surface area contributed by atoms with Gasteiger partial charge in [0, 0.05) is 0 Å². The minimum atomic E-state index is 0. The summed E-state index contributed by atoms with van der Waals surface area (Å²) >= 11 is 0. The number of halogens is 2. The Hall–Kier alpha value is -0.877. The average molecular weight is 613 g/mol. The number of rotatable bonds is 0. The third-order valence-electron chi connectivity index (χ3n) is 9.22. The molecule has 0 saturated carbocycles. The third-order valence-corrected chi connectivity index (χ3v) is 9.22. The molecule has 4 aromatic carbocycles. The molecule has 0 bridgehead atoms. The number of benzene rings is 2. The first-order chi connectivity index (χ1) is 15.8. The van der Waals surface area contributed by atoms with Gasteiger partial charge in [0.25, 0.3) is 0 Å². The molecule has 3 heteroatoms. The standard InChI is InChI=1S/2C17H21.2ClH.Zr/c2*1-16(2)8-9-17(3,4)15-11-13-7-5-6-12(13)10-14(15)16;;;/h2*5-7,10-11H,8-9H2,1-4H3;2*1H;/q2*-1;;;+4/p-2. The number of fused-ring (bicyclic) bond motifs is 4. The maximum atomic E-state index is 2.42. The first kappa shape index (κ1) is 32.3. The molecule has 0 atom stereocenters. The minimum Gasteiger partial charge on any atom is -1.00 e. The van der Waals surface area contributed by atoms with Gasteiger partial charge in [-0.05, 0) is 47.3 Å². The van der Waals surface area contributed by atoms with Crippen molar-refractivity contribution in [3.63, 3.8) is 0 Å². The summed E-state index contributed by atoms with van der Waals surface area (Å²) < 4.78 is 0. The van der Waals surface area contributed by atoms with E-state index >= 15 is 0 Å². The van der Waals surface area contributed by atoms with Crippen LogP contribution in [0.15, 0.2) is 60.7 Å². The summed E-state index contributed by atoms with van der Waals surface area (Å²) in [7, 11) is 0. The molecule has 2 aliphatic carbocycles. The molecule has 0 unspecified atom stereocenters. The molecule has 196 valence electrons. The molecule has 0 spiro atoms. The van der Waals surface area contributed by atoms with Crippen molar-refractivity contribution in [2.24, 2.45) is 0 Å². The molecule has 0 aromatic heterocycles. The minimum absolute atomic E-state index is 0. The Morgan fingerprint density at radius 1 is 0.486 bits per heavy atom. The van der Waals surface area contributed by atoms with Crippen LogP contribution in [0.1, 0.15) is 103 Å². The molecule has 0 radical (unpaired) electrons. The van der Waals surface area contributed by atoms with Gasteiger partial charge in [0.15, 0.2) is 0 Å². The molecular formula is C34H42Cl2Zr. The van der Waals surface area contributed by atoms with Crippen LogP contribution in [-0.4, -0.2) is 0 Å². The Balaban J connectivity index is 0.000000241. The van der Waals surface area contributed by atoms with Crippen molar-refractivity contribution in [3.8, 4) is 0 Å². The second kappa shape index (κ2) is 10.9. The molecule has 37 heavy (non-hydrogen) atoms. The smallest absolute Gasteiger partial charge is 1.00 e. The van der Waals surface area contributed by atoms with Gasteiger partial charge in [-0.25, -0.2) is 0 Å². The molecule has 6 rings (SSSR count). The van der Waals surface area contributed by atoms with Gasteiger partial charge < -0.3 is 24.8 Å². The van der Waals surface area contributed by atoms with Gasteiger partial charge in [-0.2, -0.15) is 24.3 Å². The van der Waals surface area contributed by atoms with Crippen LogP contribution >= 0.6 is 0 Å². The van der Waals surface area contributed by atoms with E-state index in [0.29, 0.717) is 21.7 Å². The van der Waals surface area contributed by atoms with Crippen LogP contribution < -0.4 is 24.8 Å². The summed E-state index contributed by atoms with van der Waals surface area (Å²) in [5.41, 5.74) is 7.57. The molecule has 0 heterocycles. The summed E-state index contributed by atoms with van der Waals surface area (Å²) in [5, 5.41) is 5.59. The van der Waals surface area contributed by atoms with E-state index in [-0.39, 0.29) is 51.0 Å². The first-order valence-corrected chi connectivity index (χ1v) is 13.2. The van der Waals surface area contributed by atoms with Crippen LogP contribution in [-0.2, 0) is 47.9 Å². The summed E-state index contributed by atoms with van der Waals surface area (Å²) in [5.74, 6) is 0. The molecule has 0 aliphatic heterocycles. The van der Waals surface area contributed by atoms with Gasteiger partial charge in [0.1, 0.15) is 0 Å². The van der Waals surface area contributed by atoms with Crippen molar-refractivity contribution < 1.29 is 51.0 Å². The predicted octanol–water partition coefficient (Wildman–Crippen LogP) is 3.82. The molecule has 2 aliphatic rings. The van der Waals surface area contributed by atoms with Gasteiger partial charge in [-0.1, -0.05) is 77.6 Å². The molecule has 0 N–H and O–H groups in total. The first-order valence-electron chi connectivity index (χ1n) is 13.2. The Morgan fingerprint density at radius 2 is 0.757 bits per heavy atom. The van der Waals surface area contributed by atoms with E-state index in [1.807, 2.05) is 0 Å². The summed E-state index contributed by atoms with van der Waals surface area (Å²) in [6.45, 7) is 19.1. The Labute approximate surface area is 256 Å². The van der Waals surface area contributed by atoms with Crippen molar-refractivity contribution >= 4 is 21.5 Å². The zero-order valence-electron chi connectivity index (χ0n) is 23.9. The Bertz CT molecular complexity index is 1160. The fraction of sp³-hybridized carbons (Fsp3) is 0.471. The van der Waals surface area contributed by atoms with Crippen molar-refractivity contribution in [2.45, 2.75) is 103 Å². The second-order valence-corrected chi connectivity index (χ2v) is 13.6. The van der Waals surface area contributed by atoms with Crippen LogP contribution in [0.3, 0.4) is 0 Å². The van der Waals surface area contributed by atoms with E-state index in [1.165, 1.54) is 47.2 Å². The van der Waals surface area contributed by atoms with E-state index in [4.69, 9.17) is 0 Å². The largest absolute Gasteiger partial charge is 4.00 e. The summed E-state index contributed by atoms with van der Waals surface area (Å²) in [6, 6.07) is 22.9. The van der Waals surface area contributed by atoms with Gasteiger partial charge in [0.05, 0.1) is 0 Å². The Kier molecular flexibility index (Phi) is 9.57. The van der Waals surface area contributed by atoms with Gasteiger partial charge in [0.2, 0.25) is 0 Å². The summed E-state index contributed by atoms with van der Waals surface area (Å²) in [6.07, 6.45) is 5.16. The van der Waals surface area contributed by atoms with E-state index < -0.39 is 0 Å². The molecule has 4 aromatic rings. The van der Waals surface area contributed by atoms with Crippen LogP contribution in [0.2, 0.25) is 0 Å². The second-order valence-electron chi connectivity index (χ2n) is 13.6. The third kappa shape index (κ3) is 5.86. The van der Waals surface area contributed by atoms with Crippen LogP contribution in [0, 0.1) is 0 Å². The van der Waals surface area contributed by atoms with Gasteiger partial charge in [-0.15, -0.1) is 57.9 Å². The van der Waals surface area contributed by atoms with E-state index in [9.17, 15) is 0 Å². The van der Waals surface area contributed by atoms with Crippen molar-refractivity contribution in [1.82, 2.24) is 0 Å².